The number of nitrogens with two attached hydrogens (primary N) is 1. The first kappa shape index (κ1) is 13.7. The molecule has 0 saturated heterocycles. The molecule has 2 heterocycles. The van der Waals surface area contributed by atoms with E-state index in [2.05, 4.69) is 26.9 Å². The Kier molecular flexibility index (Phi) is 3.94. The van der Waals surface area contributed by atoms with Crippen LogP contribution in [0, 0.1) is 12.8 Å². The lowest BCUT2D eigenvalue weighted by Gasteiger charge is -2.26. The lowest BCUT2D eigenvalue weighted by Crippen LogP contribution is -2.35. The average molecular weight is 278 g/mol. The van der Waals surface area contributed by atoms with E-state index in [9.17, 15) is 0 Å². The molecule has 0 aliphatic rings. The molecule has 0 aliphatic carbocycles. The van der Waals surface area contributed by atoms with Gasteiger partial charge in [-0.2, -0.15) is 14.6 Å². The van der Waals surface area contributed by atoms with Crippen LogP contribution in [0.2, 0.25) is 0 Å². The maximum absolute atomic E-state index is 5.70. The Morgan fingerprint density at radius 3 is 2.95 bits per heavy atom. The molecule has 2 N–H and O–H groups in total. The second kappa shape index (κ2) is 5.48. The number of hydrogen-bond acceptors (Lipinski definition) is 5. The van der Waals surface area contributed by atoms with E-state index in [4.69, 9.17) is 18.0 Å². The molecule has 2 aromatic heterocycles. The number of hydrogen-bond donors (Lipinski definition) is 1. The highest BCUT2D eigenvalue weighted by atomic mass is 32.1. The van der Waals surface area contributed by atoms with Gasteiger partial charge in [-0.3, -0.25) is 0 Å². The lowest BCUT2D eigenvalue weighted by atomic mass is 10.1. The van der Waals surface area contributed by atoms with E-state index in [1.165, 1.54) is 6.33 Å². The molecule has 2 aromatic rings. The molecular weight excluding hydrogens is 260 g/mol. The largest absolute Gasteiger partial charge is 0.393 e. The van der Waals surface area contributed by atoms with Crippen LogP contribution in [0.25, 0.3) is 5.78 Å². The summed E-state index contributed by atoms with van der Waals surface area (Å²) in [6.45, 7) is 7.65. The van der Waals surface area contributed by atoms with Crippen LogP contribution in [0.5, 0.6) is 0 Å². The van der Waals surface area contributed by atoms with Gasteiger partial charge in [-0.25, -0.2) is 4.98 Å². The fourth-order valence-corrected chi connectivity index (χ4v) is 2.02. The van der Waals surface area contributed by atoms with Crippen molar-refractivity contribution < 1.29 is 0 Å². The van der Waals surface area contributed by atoms with Crippen LogP contribution in [0.1, 0.15) is 19.5 Å². The van der Waals surface area contributed by atoms with Crippen molar-refractivity contribution in [2.75, 3.05) is 18.0 Å². The standard InChI is InChI=1S/C12H18N6S/c1-4-17(6-8(2)11(13)19)10-5-9(3)16-12-14-7-15-18(10)12/h5,7-8H,4,6H2,1-3H3,(H2,13,19). The Morgan fingerprint density at radius 2 is 2.32 bits per heavy atom. The summed E-state index contributed by atoms with van der Waals surface area (Å²) < 4.78 is 1.74. The molecule has 0 radical (unpaired) electrons. The van der Waals surface area contributed by atoms with Gasteiger partial charge < -0.3 is 10.6 Å². The maximum Gasteiger partial charge on any atom is 0.254 e. The van der Waals surface area contributed by atoms with Gasteiger partial charge in [-0.1, -0.05) is 19.1 Å². The quantitative estimate of drug-likeness (QED) is 0.828. The fraction of sp³-hybridized carbons (Fsp3) is 0.500. The van der Waals surface area contributed by atoms with Gasteiger partial charge in [0.15, 0.2) is 0 Å². The number of thiocarbonyl (C=S) groups is 1. The molecule has 7 heteroatoms. The Morgan fingerprint density at radius 1 is 1.58 bits per heavy atom. The smallest absolute Gasteiger partial charge is 0.254 e. The maximum atomic E-state index is 5.70. The third-order valence-electron chi connectivity index (χ3n) is 3.05. The van der Waals surface area contributed by atoms with Crippen molar-refractivity contribution in [1.29, 1.82) is 0 Å². The van der Waals surface area contributed by atoms with Crippen LogP contribution >= 0.6 is 12.2 Å². The van der Waals surface area contributed by atoms with Crippen molar-refractivity contribution in [2.45, 2.75) is 20.8 Å². The molecular formula is C12H18N6S. The molecule has 1 unspecified atom stereocenters. The Hall–Kier alpha value is -1.76. The van der Waals surface area contributed by atoms with E-state index in [1.807, 2.05) is 19.9 Å². The minimum atomic E-state index is 0.141. The van der Waals surface area contributed by atoms with E-state index in [0.717, 1.165) is 24.6 Å². The van der Waals surface area contributed by atoms with Gasteiger partial charge in [0.05, 0.1) is 4.99 Å². The number of aromatic nitrogens is 4. The van der Waals surface area contributed by atoms with E-state index < -0.39 is 0 Å². The van der Waals surface area contributed by atoms with Crippen molar-refractivity contribution in [1.82, 2.24) is 19.6 Å². The van der Waals surface area contributed by atoms with E-state index >= 15 is 0 Å². The Labute approximate surface area is 117 Å². The van der Waals surface area contributed by atoms with Gasteiger partial charge in [-0.05, 0) is 13.8 Å². The van der Waals surface area contributed by atoms with Crippen LogP contribution < -0.4 is 10.6 Å². The van der Waals surface area contributed by atoms with E-state index in [-0.39, 0.29) is 5.92 Å². The highest BCUT2D eigenvalue weighted by Gasteiger charge is 2.16. The molecule has 0 amide bonds. The predicted octanol–water partition coefficient (Wildman–Crippen LogP) is 1.18. The van der Waals surface area contributed by atoms with Crippen LogP contribution in [-0.4, -0.2) is 37.7 Å². The van der Waals surface area contributed by atoms with Crippen LogP contribution in [0.4, 0.5) is 5.82 Å². The number of anilines is 1. The topological polar surface area (TPSA) is 72.3 Å². The van der Waals surface area contributed by atoms with Crippen LogP contribution in [0.15, 0.2) is 12.4 Å². The lowest BCUT2D eigenvalue weighted by molar-refractivity contribution is 0.686. The molecule has 102 valence electrons. The Bertz CT molecular complexity index is 593. The minimum Gasteiger partial charge on any atom is -0.393 e. The summed E-state index contributed by atoms with van der Waals surface area (Å²) in [7, 11) is 0. The summed E-state index contributed by atoms with van der Waals surface area (Å²) in [5.41, 5.74) is 6.61. The first-order valence-electron chi connectivity index (χ1n) is 6.24. The highest BCUT2D eigenvalue weighted by Crippen LogP contribution is 2.17. The number of rotatable bonds is 5. The van der Waals surface area contributed by atoms with Gasteiger partial charge in [0, 0.05) is 30.8 Å². The highest BCUT2D eigenvalue weighted by molar-refractivity contribution is 7.80. The number of aryl methyl sites for hydroxylation is 1. The van der Waals surface area contributed by atoms with E-state index in [0.29, 0.717) is 10.8 Å². The normalized spacial score (nSPS) is 12.6. The van der Waals surface area contributed by atoms with Crippen molar-refractivity contribution in [3.05, 3.63) is 18.1 Å². The molecule has 0 saturated carbocycles. The molecule has 1 atom stereocenters. The van der Waals surface area contributed by atoms with Gasteiger partial charge in [0.2, 0.25) is 0 Å². The molecule has 0 bridgehead atoms. The monoisotopic (exact) mass is 278 g/mol. The molecule has 19 heavy (non-hydrogen) atoms. The summed E-state index contributed by atoms with van der Waals surface area (Å²) in [4.78, 5) is 11.2. The second-order valence-electron chi connectivity index (χ2n) is 4.57. The second-order valence-corrected chi connectivity index (χ2v) is 5.04. The van der Waals surface area contributed by atoms with Gasteiger partial charge >= 0.3 is 0 Å². The van der Waals surface area contributed by atoms with Gasteiger partial charge in [0.25, 0.3) is 5.78 Å². The zero-order valence-corrected chi connectivity index (χ0v) is 12.2. The molecule has 2 rings (SSSR count). The summed E-state index contributed by atoms with van der Waals surface area (Å²) in [6, 6.07) is 2.00. The predicted molar refractivity (Wildman–Crippen MR) is 79.4 cm³/mol. The third-order valence-corrected chi connectivity index (χ3v) is 3.45. The summed E-state index contributed by atoms with van der Waals surface area (Å²) in [6.07, 6.45) is 1.51. The summed E-state index contributed by atoms with van der Waals surface area (Å²) in [5.74, 6) is 1.71. The molecule has 0 aromatic carbocycles. The van der Waals surface area contributed by atoms with E-state index in [1.54, 1.807) is 4.52 Å². The average Bonchev–Trinajstić information content (AvgIpc) is 2.82. The molecule has 0 spiro atoms. The SMILES string of the molecule is CCN(CC(C)C(N)=S)c1cc(C)nc2ncnn12. The molecule has 0 fully saturated rings. The summed E-state index contributed by atoms with van der Waals surface area (Å²) >= 11 is 5.04. The van der Waals surface area contributed by atoms with Crippen molar-refractivity contribution >= 4 is 28.8 Å². The van der Waals surface area contributed by atoms with Crippen LogP contribution in [-0.2, 0) is 0 Å². The van der Waals surface area contributed by atoms with Gasteiger partial charge in [0.1, 0.15) is 12.1 Å². The molecule has 6 nitrogen and oxygen atoms in total. The number of nitrogens with zero attached hydrogens (tertiary/aromatic N) is 5. The van der Waals surface area contributed by atoms with Gasteiger partial charge in [-0.15, -0.1) is 0 Å². The first-order chi connectivity index (χ1) is 9.02. The zero-order valence-electron chi connectivity index (χ0n) is 11.4. The first-order valence-corrected chi connectivity index (χ1v) is 6.65. The molecule has 0 aliphatic heterocycles. The van der Waals surface area contributed by atoms with Crippen molar-refractivity contribution in [3.63, 3.8) is 0 Å². The number of fused-ring (bicyclic) bond motifs is 1. The summed E-state index contributed by atoms with van der Waals surface area (Å²) in [5, 5.41) is 4.22. The van der Waals surface area contributed by atoms with Crippen molar-refractivity contribution in [3.8, 4) is 0 Å². The third kappa shape index (κ3) is 2.81. The minimum absolute atomic E-state index is 0.141. The fourth-order valence-electron chi connectivity index (χ4n) is 1.94. The zero-order chi connectivity index (χ0) is 14.0. The van der Waals surface area contributed by atoms with Crippen LogP contribution in [0.3, 0.4) is 0 Å². The van der Waals surface area contributed by atoms with Crippen molar-refractivity contribution in [2.24, 2.45) is 11.7 Å². The Balaban J connectivity index is 2.39.